The third kappa shape index (κ3) is 3.19. The molecule has 9 heteroatoms. The van der Waals surface area contributed by atoms with Gasteiger partial charge in [-0.3, -0.25) is 9.59 Å². The smallest absolute Gasteiger partial charge is 0.268 e. The van der Waals surface area contributed by atoms with E-state index in [0.29, 0.717) is 18.8 Å². The van der Waals surface area contributed by atoms with E-state index in [4.69, 9.17) is 5.73 Å². The predicted octanol–water partition coefficient (Wildman–Crippen LogP) is 0.239. The van der Waals surface area contributed by atoms with Crippen molar-refractivity contribution in [2.45, 2.75) is 40.3 Å². The van der Waals surface area contributed by atoms with E-state index in [1.807, 2.05) is 6.92 Å². The van der Waals surface area contributed by atoms with Gasteiger partial charge in [-0.25, -0.2) is 9.36 Å². The first-order valence-electron chi connectivity index (χ1n) is 6.94. The first kappa shape index (κ1) is 15.8. The summed E-state index contributed by atoms with van der Waals surface area (Å²) >= 11 is 0. The van der Waals surface area contributed by atoms with Crippen LogP contribution in [0.25, 0.3) is 0 Å². The summed E-state index contributed by atoms with van der Waals surface area (Å²) in [6, 6.07) is 0. The molecule has 0 saturated heterocycles. The molecule has 0 aliphatic heterocycles. The predicted molar refractivity (Wildman–Crippen MR) is 79.2 cm³/mol. The number of aryl methyl sites for hydroxylation is 1. The quantitative estimate of drug-likeness (QED) is 0.816. The Hall–Kier alpha value is -2.55. The molecule has 118 valence electrons. The fraction of sp³-hybridized carbons (Fsp3) is 0.462. The number of carbonyl (C=O) groups is 2. The number of nitrogens with one attached hydrogen (secondary N) is 1. The van der Waals surface area contributed by atoms with Crippen LogP contribution in [-0.2, 0) is 17.9 Å². The molecule has 0 aliphatic carbocycles. The first-order valence-corrected chi connectivity index (χ1v) is 6.94. The average molecular weight is 305 g/mol. The fourth-order valence-electron chi connectivity index (χ4n) is 2.08. The van der Waals surface area contributed by atoms with E-state index in [9.17, 15) is 9.59 Å². The third-order valence-corrected chi connectivity index (χ3v) is 3.31. The van der Waals surface area contributed by atoms with Gasteiger partial charge in [0.05, 0.1) is 11.9 Å². The maximum Gasteiger partial charge on any atom is 0.268 e. The lowest BCUT2D eigenvalue weighted by Gasteiger charge is -2.03. The van der Waals surface area contributed by atoms with Gasteiger partial charge in [0.1, 0.15) is 6.54 Å². The second-order valence-corrected chi connectivity index (χ2v) is 4.86. The van der Waals surface area contributed by atoms with Gasteiger partial charge in [0.25, 0.3) is 5.91 Å². The second-order valence-electron chi connectivity index (χ2n) is 4.86. The number of anilines is 1. The van der Waals surface area contributed by atoms with E-state index in [2.05, 4.69) is 20.7 Å². The Morgan fingerprint density at radius 1 is 1.36 bits per heavy atom. The topological polar surface area (TPSA) is 121 Å². The summed E-state index contributed by atoms with van der Waals surface area (Å²) in [6.07, 6.45) is 1.85. The van der Waals surface area contributed by atoms with Gasteiger partial charge in [-0.15, -0.1) is 5.10 Å². The van der Waals surface area contributed by atoms with Gasteiger partial charge >= 0.3 is 0 Å². The lowest BCUT2D eigenvalue weighted by Crippen LogP contribution is -2.21. The number of carbonyl (C=O) groups excluding carboxylic acids is 2. The summed E-state index contributed by atoms with van der Waals surface area (Å²) in [5.41, 5.74) is 7.98. The molecule has 2 heterocycles. The van der Waals surface area contributed by atoms with Gasteiger partial charge in [-0.2, -0.15) is 5.10 Å². The molecule has 0 radical (unpaired) electrons. The molecule has 0 bridgehead atoms. The van der Waals surface area contributed by atoms with Gasteiger partial charge in [-0.05, 0) is 13.8 Å². The molecule has 2 rings (SSSR count). The maximum absolute atomic E-state index is 12.3. The summed E-state index contributed by atoms with van der Waals surface area (Å²) in [4.78, 5) is 23.6. The van der Waals surface area contributed by atoms with Crippen molar-refractivity contribution in [3.8, 4) is 0 Å². The standard InChI is InChI=1S/C13H19N7O2/c1-4-12(21)15-11-6-19(18-16-11)7-13(22)20-9(3)10(5-14)8(2)17-20/h6H,4-5,7,14H2,1-3H3,(H,15,21). The van der Waals surface area contributed by atoms with Crippen molar-refractivity contribution in [2.24, 2.45) is 5.73 Å². The highest BCUT2D eigenvalue weighted by Crippen LogP contribution is 2.12. The Bertz CT molecular complexity index is 701. The number of rotatable bonds is 5. The van der Waals surface area contributed by atoms with Crippen LogP contribution in [0.5, 0.6) is 0 Å². The number of nitrogens with two attached hydrogens (primary N) is 1. The van der Waals surface area contributed by atoms with Crippen LogP contribution in [0.15, 0.2) is 6.20 Å². The normalized spacial score (nSPS) is 10.7. The lowest BCUT2D eigenvalue weighted by atomic mass is 10.2. The molecule has 2 aromatic heterocycles. The van der Waals surface area contributed by atoms with E-state index < -0.39 is 0 Å². The van der Waals surface area contributed by atoms with Crippen molar-refractivity contribution in [1.29, 1.82) is 0 Å². The number of hydrogen-bond acceptors (Lipinski definition) is 6. The Morgan fingerprint density at radius 3 is 2.68 bits per heavy atom. The Balaban J connectivity index is 2.11. The molecule has 0 fully saturated rings. The molecule has 2 aromatic rings. The van der Waals surface area contributed by atoms with Crippen molar-refractivity contribution in [3.05, 3.63) is 23.1 Å². The molecule has 9 nitrogen and oxygen atoms in total. The minimum atomic E-state index is -0.251. The number of amides is 1. The van der Waals surface area contributed by atoms with Crippen LogP contribution in [0.4, 0.5) is 5.82 Å². The van der Waals surface area contributed by atoms with Crippen LogP contribution >= 0.6 is 0 Å². The average Bonchev–Trinajstić information content (AvgIpc) is 3.03. The Labute approximate surface area is 127 Å². The van der Waals surface area contributed by atoms with Crippen molar-refractivity contribution >= 4 is 17.6 Å². The Morgan fingerprint density at radius 2 is 2.09 bits per heavy atom. The minimum Gasteiger partial charge on any atom is -0.326 e. The van der Waals surface area contributed by atoms with Crippen LogP contribution < -0.4 is 11.1 Å². The van der Waals surface area contributed by atoms with Crippen LogP contribution in [0.2, 0.25) is 0 Å². The van der Waals surface area contributed by atoms with Gasteiger partial charge < -0.3 is 11.1 Å². The van der Waals surface area contributed by atoms with Crippen LogP contribution in [0, 0.1) is 13.8 Å². The van der Waals surface area contributed by atoms with Crippen LogP contribution in [-0.4, -0.2) is 36.6 Å². The molecule has 22 heavy (non-hydrogen) atoms. The zero-order chi connectivity index (χ0) is 16.3. The third-order valence-electron chi connectivity index (χ3n) is 3.31. The molecule has 0 spiro atoms. The van der Waals surface area contributed by atoms with Crippen molar-refractivity contribution in [2.75, 3.05) is 5.32 Å². The molecular formula is C13H19N7O2. The Kier molecular flexibility index (Phi) is 4.66. The number of aromatic nitrogens is 5. The van der Waals surface area contributed by atoms with E-state index in [1.165, 1.54) is 15.6 Å². The minimum absolute atomic E-state index is 0.0268. The van der Waals surface area contributed by atoms with E-state index >= 15 is 0 Å². The molecule has 0 saturated carbocycles. The second kappa shape index (κ2) is 6.48. The van der Waals surface area contributed by atoms with E-state index in [1.54, 1.807) is 13.8 Å². The largest absolute Gasteiger partial charge is 0.326 e. The monoisotopic (exact) mass is 305 g/mol. The molecular weight excluding hydrogens is 286 g/mol. The molecule has 0 atom stereocenters. The van der Waals surface area contributed by atoms with E-state index in [-0.39, 0.29) is 18.4 Å². The number of nitrogens with zero attached hydrogens (tertiary/aromatic N) is 5. The molecule has 1 amide bonds. The summed E-state index contributed by atoms with van der Waals surface area (Å²) in [5.74, 6) is -0.0984. The maximum atomic E-state index is 12.3. The highest BCUT2D eigenvalue weighted by molar-refractivity contribution is 5.89. The van der Waals surface area contributed by atoms with Gasteiger partial charge in [0, 0.05) is 24.2 Å². The van der Waals surface area contributed by atoms with Gasteiger partial charge in [0.15, 0.2) is 5.82 Å². The van der Waals surface area contributed by atoms with E-state index in [0.717, 1.165) is 17.0 Å². The molecule has 0 unspecified atom stereocenters. The van der Waals surface area contributed by atoms with Crippen LogP contribution in [0.3, 0.4) is 0 Å². The van der Waals surface area contributed by atoms with Crippen LogP contribution in [0.1, 0.15) is 35.1 Å². The van der Waals surface area contributed by atoms with Crippen molar-refractivity contribution in [1.82, 2.24) is 24.8 Å². The highest BCUT2D eigenvalue weighted by atomic mass is 16.2. The zero-order valence-corrected chi connectivity index (χ0v) is 12.8. The number of hydrogen-bond donors (Lipinski definition) is 2. The first-order chi connectivity index (χ1) is 10.5. The molecule has 0 aromatic carbocycles. The van der Waals surface area contributed by atoms with Crippen molar-refractivity contribution < 1.29 is 9.59 Å². The summed E-state index contributed by atoms with van der Waals surface area (Å²) < 4.78 is 2.68. The van der Waals surface area contributed by atoms with Gasteiger partial charge in [0.2, 0.25) is 5.91 Å². The summed E-state index contributed by atoms with van der Waals surface area (Å²) in [5, 5.41) is 14.4. The fourth-order valence-corrected chi connectivity index (χ4v) is 2.08. The van der Waals surface area contributed by atoms with Crippen molar-refractivity contribution in [3.63, 3.8) is 0 Å². The zero-order valence-electron chi connectivity index (χ0n) is 12.8. The van der Waals surface area contributed by atoms with Gasteiger partial charge in [-0.1, -0.05) is 12.1 Å². The SMILES string of the molecule is CCC(=O)Nc1cn(CC(=O)n2nc(C)c(CN)c2C)nn1. The lowest BCUT2D eigenvalue weighted by molar-refractivity contribution is -0.115. The highest BCUT2D eigenvalue weighted by Gasteiger charge is 2.16. The molecule has 3 N–H and O–H groups in total. The summed E-state index contributed by atoms with van der Waals surface area (Å²) in [7, 11) is 0. The molecule has 0 aliphatic rings. The summed E-state index contributed by atoms with van der Waals surface area (Å²) in [6.45, 7) is 5.66.